The summed E-state index contributed by atoms with van der Waals surface area (Å²) in [6, 6.07) is 5.28. The first-order valence-corrected chi connectivity index (χ1v) is 8.80. The van der Waals surface area contributed by atoms with E-state index in [1.807, 2.05) is 6.92 Å². The number of aromatic amines is 1. The van der Waals surface area contributed by atoms with Crippen LogP contribution in [0, 0.1) is 6.92 Å². The number of aryl methyl sites for hydroxylation is 2. The Morgan fingerprint density at radius 3 is 2.44 bits per heavy atom. The fourth-order valence-electron chi connectivity index (χ4n) is 2.85. The minimum Gasteiger partial charge on any atom is -0.465 e. The summed E-state index contributed by atoms with van der Waals surface area (Å²) in [7, 11) is 0. The van der Waals surface area contributed by atoms with Gasteiger partial charge in [-0.2, -0.15) is 0 Å². The molecular formula is C19H26N2O4. The molecule has 0 atom stereocenters. The Morgan fingerprint density at radius 2 is 1.88 bits per heavy atom. The number of H-pyrrole nitrogens is 1. The highest BCUT2D eigenvalue weighted by Gasteiger charge is 2.11. The molecule has 2 aromatic heterocycles. The van der Waals surface area contributed by atoms with E-state index in [1.165, 1.54) is 32.1 Å². The van der Waals surface area contributed by atoms with Gasteiger partial charge in [-0.15, -0.1) is 0 Å². The van der Waals surface area contributed by atoms with Gasteiger partial charge in [0, 0.05) is 16.8 Å². The standard InChI is InChI=1S/C14H16N2O4.C5H10/c1-3-9-6-11(8(2)16-13(9)17)12-5-4-10(20-12)7-15-14(18)19;1-2-4-5-3-1/h4-6,15H,3,7H2,1-2H3,(H,16,17)(H,18,19);1-5H2. The predicted octanol–water partition coefficient (Wildman–Crippen LogP) is 4.22. The molecule has 2 heterocycles. The van der Waals surface area contributed by atoms with Gasteiger partial charge in [0.2, 0.25) is 0 Å². The van der Waals surface area contributed by atoms with Crippen molar-refractivity contribution in [3.63, 3.8) is 0 Å². The van der Waals surface area contributed by atoms with E-state index >= 15 is 0 Å². The lowest BCUT2D eigenvalue weighted by molar-refractivity contribution is 0.193. The predicted molar refractivity (Wildman–Crippen MR) is 96.8 cm³/mol. The highest BCUT2D eigenvalue weighted by atomic mass is 16.4. The summed E-state index contributed by atoms with van der Waals surface area (Å²) in [5.41, 5.74) is 2.13. The fourth-order valence-corrected chi connectivity index (χ4v) is 2.85. The van der Waals surface area contributed by atoms with Crippen LogP contribution in [-0.2, 0) is 13.0 Å². The summed E-state index contributed by atoms with van der Waals surface area (Å²) in [6.07, 6.45) is 7.04. The Balaban J connectivity index is 0.000000386. The van der Waals surface area contributed by atoms with Gasteiger partial charge in [0.1, 0.15) is 11.5 Å². The van der Waals surface area contributed by atoms with Gasteiger partial charge in [-0.25, -0.2) is 4.79 Å². The number of nitrogens with one attached hydrogen (secondary N) is 2. The van der Waals surface area contributed by atoms with E-state index in [9.17, 15) is 9.59 Å². The number of hydrogen-bond donors (Lipinski definition) is 3. The molecule has 25 heavy (non-hydrogen) atoms. The summed E-state index contributed by atoms with van der Waals surface area (Å²) in [4.78, 5) is 24.9. The van der Waals surface area contributed by atoms with Gasteiger partial charge in [0.05, 0.1) is 6.54 Å². The summed E-state index contributed by atoms with van der Waals surface area (Å²) in [6.45, 7) is 3.82. The minimum absolute atomic E-state index is 0.0897. The van der Waals surface area contributed by atoms with Crippen LogP contribution in [0.4, 0.5) is 4.79 Å². The molecule has 1 amide bonds. The van der Waals surface area contributed by atoms with Crippen molar-refractivity contribution in [2.24, 2.45) is 0 Å². The molecule has 0 aromatic carbocycles. The van der Waals surface area contributed by atoms with E-state index < -0.39 is 6.09 Å². The number of hydrogen-bond acceptors (Lipinski definition) is 3. The first-order chi connectivity index (χ1) is 12.0. The molecule has 0 aliphatic heterocycles. The maximum atomic E-state index is 11.7. The molecule has 136 valence electrons. The van der Waals surface area contributed by atoms with Crippen LogP contribution in [0.5, 0.6) is 0 Å². The molecular weight excluding hydrogens is 320 g/mol. The number of carboxylic acid groups (broad SMARTS) is 1. The molecule has 1 fully saturated rings. The van der Waals surface area contributed by atoms with Crippen molar-refractivity contribution < 1.29 is 14.3 Å². The zero-order valence-corrected chi connectivity index (χ0v) is 14.9. The Bertz CT molecular complexity index is 749. The van der Waals surface area contributed by atoms with E-state index in [2.05, 4.69) is 10.3 Å². The van der Waals surface area contributed by atoms with E-state index in [4.69, 9.17) is 9.52 Å². The topological polar surface area (TPSA) is 95.3 Å². The molecule has 6 heteroatoms. The van der Waals surface area contributed by atoms with Crippen LogP contribution in [0.1, 0.15) is 56.0 Å². The third kappa shape index (κ3) is 5.52. The number of rotatable bonds is 4. The van der Waals surface area contributed by atoms with Crippen molar-refractivity contribution in [3.8, 4) is 11.3 Å². The average Bonchev–Trinajstić information content (AvgIpc) is 3.28. The smallest absolute Gasteiger partial charge is 0.405 e. The quantitative estimate of drug-likeness (QED) is 0.772. The van der Waals surface area contributed by atoms with Gasteiger partial charge in [0.25, 0.3) is 5.56 Å². The summed E-state index contributed by atoms with van der Waals surface area (Å²) in [5.74, 6) is 1.13. The third-order valence-corrected chi connectivity index (χ3v) is 4.29. The third-order valence-electron chi connectivity index (χ3n) is 4.29. The fraction of sp³-hybridized carbons (Fsp3) is 0.474. The zero-order chi connectivity index (χ0) is 18.2. The van der Waals surface area contributed by atoms with Crippen molar-refractivity contribution in [1.29, 1.82) is 0 Å². The largest absolute Gasteiger partial charge is 0.465 e. The van der Waals surface area contributed by atoms with Gasteiger partial charge < -0.3 is 19.8 Å². The molecule has 3 rings (SSSR count). The van der Waals surface area contributed by atoms with Crippen LogP contribution >= 0.6 is 0 Å². The van der Waals surface area contributed by atoms with E-state index in [-0.39, 0.29) is 12.1 Å². The van der Waals surface area contributed by atoms with Crippen LogP contribution < -0.4 is 10.9 Å². The summed E-state index contributed by atoms with van der Waals surface area (Å²) < 4.78 is 5.59. The lowest BCUT2D eigenvalue weighted by Gasteiger charge is -2.05. The highest BCUT2D eigenvalue weighted by Crippen LogP contribution is 2.24. The van der Waals surface area contributed by atoms with Crippen molar-refractivity contribution in [1.82, 2.24) is 10.3 Å². The minimum atomic E-state index is -1.10. The maximum absolute atomic E-state index is 11.7. The first kappa shape index (κ1) is 18.8. The highest BCUT2D eigenvalue weighted by molar-refractivity contribution is 5.64. The number of pyridine rings is 1. The number of aromatic nitrogens is 1. The normalized spacial score (nSPS) is 13.2. The Kier molecular flexibility index (Phi) is 6.86. The summed E-state index contributed by atoms with van der Waals surface area (Å²) in [5, 5.41) is 10.8. The van der Waals surface area contributed by atoms with Gasteiger partial charge in [-0.3, -0.25) is 4.79 Å². The monoisotopic (exact) mass is 346 g/mol. The van der Waals surface area contributed by atoms with Crippen LogP contribution in [-0.4, -0.2) is 16.2 Å². The second-order valence-corrected chi connectivity index (χ2v) is 6.21. The van der Waals surface area contributed by atoms with E-state index in [0.29, 0.717) is 23.5 Å². The van der Waals surface area contributed by atoms with Crippen LogP contribution in [0.25, 0.3) is 11.3 Å². The molecule has 0 bridgehead atoms. The first-order valence-electron chi connectivity index (χ1n) is 8.80. The van der Waals surface area contributed by atoms with Gasteiger partial charge in [-0.1, -0.05) is 39.0 Å². The number of furan rings is 1. The van der Waals surface area contributed by atoms with Gasteiger partial charge >= 0.3 is 6.09 Å². The average molecular weight is 346 g/mol. The summed E-state index contributed by atoms with van der Waals surface area (Å²) >= 11 is 0. The van der Waals surface area contributed by atoms with E-state index in [0.717, 1.165) is 11.3 Å². The van der Waals surface area contributed by atoms with Crippen molar-refractivity contribution in [3.05, 3.63) is 45.6 Å². The van der Waals surface area contributed by atoms with E-state index in [1.54, 1.807) is 25.1 Å². The molecule has 2 aromatic rings. The SMILES string of the molecule is C1CCCC1.CCc1cc(-c2ccc(CNC(=O)O)o2)c(C)[nH]c1=O. The molecule has 0 saturated heterocycles. The maximum Gasteiger partial charge on any atom is 0.405 e. The molecule has 0 spiro atoms. The number of amides is 1. The Hall–Kier alpha value is -2.50. The molecule has 3 N–H and O–H groups in total. The second kappa shape index (κ2) is 9.11. The molecule has 1 aliphatic carbocycles. The lowest BCUT2D eigenvalue weighted by atomic mass is 10.1. The van der Waals surface area contributed by atoms with Gasteiger partial charge in [-0.05, 0) is 31.5 Å². The molecule has 1 saturated carbocycles. The Labute approximate surface area is 147 Å². The molecule has 0 unspecified atom stereocenters. The molecule has 6 nitrogen and oxygen atoms in total. The van der Waals surface area contributed by atoms with Crippen LogP contribution in [0.3, 0.4) is 0 Å². The van der Waals surface area contributed by atoms with Crippen molar-refractivity contribution in [2.75, 3.05) is 0 Å². The lowest BCUT2D eigenvalue weighted by Crippen LogP contribution is -2.19. The van der Waals surface area contributed by atoms with Crippen LogP contribution in [0.15, 0.2) is 27.4 Å². The zero-order valence-electron chi connectivity index (χ0n) is 14.9. The molecule has 1 aliphatic rings. The second-order valence-electron chi connectivity index (χ2n) is 6.21. The number of carbonyl (C=O) groups is 1. The van der Waals surface area contributed by atoms with Gasteiger partial charge in [0.15, 0.2) is 0 Å². The molecule has 0 radical (unpaired) electrons. The Morgan fingerprint density at radius 1 is 1.24 bits per heavy atom. The van der Waals surface area contributed by atoms with Crippen molar-refractivity contribution in [2.45, 2.75) is 58.9 Å². The van der Waals surface area contributed by atoms with Crippen molar-refractivity contribution >= 4 is 6.09 Å². The van der Waals surface area contributed by atoms with Crippen LogP contribution in [0.2, 0.25) is 0 Å².